The molecule has 0 aliphatic carbocycles. The quantitative estimate of drug-likeness (QED) is 0.347. The van der Waals surface area contributed by atoms with Crippen molar-refractivity contribution in [2.24, 2.45) is 4.99 Å². The summed E-state index contributed by atoms with van der Waals surface area (Å²) in [6, 6.07) is 4.12. The van der Waals surface area contributed by atoms with Gasteiger partial charge in [0.15, 0.2) is 5.96 Å². The summed E-state index contributed by atoms with van der Waals surface area (Å²) in [5, 5.41) is 16.8. The van der Waals surface area contributed by atoms with Gasteiger partial charge >= 0.3 is 0 Å². The fraction of sp³-hybridized carbons (Fsp3) is 0.643. The van der Waals surface area contributed by atoms with Crippen LogP contribution in [0.2, 0.25) is 4.34 Å². The van der Waals surface area contributed by atoms with Gasteiger partial charge in [-0.1, -0.05) is 11.6 Å². The zero-order chi connectivity index (χ0) is 15.1. The normalized spacial score (nSPS) is 20.1. The first kappa shape index (κ1) is 20.3. The van der Waals surface area contributed by atoms with E-state index in [1.807, 2.05) is 24.8 Å². The van der Waals surface area contributed by atoms with Gasteiger partial charge in [-0.05, 0) is 37.7 Å². The second-order valence-electron chi connectivity index (χ2n) is 4.94. The van der Waals surface area contributed by atoms with Crippen LogP contribution in [0.15, 0.2) is 17.1 Å². The fourth-order valence-electron chi connectivity index (χ4n) is 2.14. The highest BCUT2D eigenvalue weighted by molar-refractivity contribution is 14.0. The molecule has 0 aromatic carbocycles. The zero-order valence-corrected chi connectivity index (χ0v) is 17.3. The molecule has 1 fully saturated rings. The molecule has 0 radical (unpaired) electrons. The Kier molecular flexibility index (Phi) is 10.1. The van der Waals surface area contributed by atoms with E-state index >= 15 is 0 Å². The number of rotatable bonds is 5. The van der Waals surface area contributed by atoms with E-state index in [9.17, 15) is 5.11 Å². The highest BCUT2D eigenvalue weighted by Crippen LogP contribution is 2.26. The van der Waals surface area contributed by atoms with Crippen molar-refractivity contribution in [3.8, 4) is 0 Å². The molecule has 2 rings (SSSR count). The Balaban J connectivity index is 0.00000242. The summed E-state index contributed by atoms with van der Waals surface area (Å²) in [5.41, 5.74) is 0. The molecule has 1 aliphatic heterocycles. The van der Waals surface area contributed by atoms with E-state index in [-0.39, 0.29) is 24.0 Å². The number of thioether (sulfide) groups is 1. The molecular formula is C14H23ClIN3OS2. The molecule has 1 saturated heterocycles. The van der Waals surface area contributed by atoms with Crippen LogP contribution in [0.4, 0.5) is 0 Å². The van der Waals surface area contributed by atoms with Crippen LogP contribution in [-0.4, -0.2) is 41.7 Å². The largest absolute Gasteiger partial charge is 0.386 e. The van der Waals surface area contributed by atoms with Gasteiger partial charge in [-0.25, -0.2) is 0 Å². The molecule has 3 N–H and O–H groups in total. The van der Waals surface area contributed by atoms with E-state index in [1.54, 1.807) is 6.07 Å². The number of nitrogens with one attached hydrogen (secondary N) is 2. The fourth-order valence-corrected chi connectivity index (χ4v) is 4.25. The molecule has 8 heteroatoms. The van der Waals surface area contributed by atoms with Crippen LogP contribution in [0.25, 0.3) is 0 Å². The van der Waals surface area contributed by atoms with E-state index in [4.69, 9.17) is 11.6 Å². The van der Waals surface area contributed by atoms with Crippen LogP contribution in [0, 0.1) is 0 Å². The molecule has 1 aromatic rings. The van der Waals surface area contributed by atoms with Gasteiger partial charge in [-0.2, -0.15) is 11.8 Å². The summed E-state index contributed by atoms with van der Waals surface area (Å²) in [6.07, 6.45) is 1.83. The molecule has 126 valence electrons. The molecule has 1 aromatic heterocycles. The minimum Gasteiger partial charge on any atom is -0.386 e. The van der Waals surface area contributed by atoms with Crippen LogP contribution < -0.4 is 10.6 Å². The van der Waals surface area contributed by atoms with Crippen LogP contribution in [0.1, 0.15) is 30.7 Å². The molecular weight excluding hydrogens is 453 g/mol. The van der Waals surface area contributed by atoms with Crippen molar-refractivity contribution >= 4 is 64.6 Å². The Morgan fingerprint density at radius 1 is 1.55 bits per heavy atom. The van der Waals surface area contributed by atoms with Gasteiger partial charge < -0.3 is 15.7 Å². The average molecular weight is 476 g/mol. The first-order valence-corrected chi connectivity index (χ1v) is 9.60. The number of aliphatic imine (C=N–C) groups is 1. The average Bonchev–Trinajstić information content (AvgIpc) is 2.92. The third-order valence-electron chi connectivity index (χ3n) is 3.19. The van der Waals surface area contributed by atoms with Gasteiger partial charge in [0.05, 0.1) is 10.9 Å². The van der Waals surface area contributed by atoms with E-state index in [2.05, 4.69) is 15.6 Å². The lowest BCUT2D eigenvalue weighted by Crippen LogP contribution is -2.45. The monoisotopic (exact) mass is 475 g/mol. The first-order chi connectivity index (χ1) is 10.2. The lowest BCUT2D eigenvalue weighted by Gasteiger charge is -2.24. The van der Waals surface area contributed by atoms with E-state index in [0.717, 1.165) is 23.1 Å². The maximum atomic E-state index is 10.1. The predicted molar refractivity (Wildman–Crippen MR) is 109 cm³/mol. The number of thiophene rings is 1. The number of aliphatic hydroxyl groups is 1. The van der Waals surface area contributed by atoms with Crippen molar-refractivity contribution in [3.05, 3.63) is 21.3 Å². The zero-order valence-electron chi connectivity index (χ0n) is 12.5. The molecule has 0 saturated carbocycles. The molecule has 0 bridgehead atoms. The SMILES string of the molecule is CCNC(=NCC(O)c1ccc(Cl)s1)NC1CCCSC1.I. The number of hydrogen-bond donors (Lipinski definition) is 3. The number of nitrogens with zero attached hydrogens (tertiary/aromatic N) is 1. The Bertz CT molecular complexity index is 467. The Morgan fingerprint density at radius 2 is 2.36 bits per heavy atom. The van der Waals surface area contributed by atoms with Gasteiger partial charge in [-0.3, -0.25) is 4.99 Å². The van der Waals surface area contributed by atoms with Crippen molar-refractivity contribution in [3.63, 3.8) is 0 Å². The second kappa shape index (κ2) is 11.0. The molecule has 2 unspecified atom stereocenters. The minimum atomic E-state index is -0.598. The lowest BCUT2D eigenvalue weighted by atomic mass is 10.2. The molecule has 0 spiro atoms. The molecule has 1 aliphatic rings. The van der Waals surface area contributed by atoms with Crippen LogP contribution >= 0.6 is 58.7 Å². The summed E-state index contributed by atoms with van der Waals surface area (Å²) < 4.78 is 0.692. The van der Waals surface area contributed by atoms with Crippen molar-refractivity contribution in [2.45, 2.75) is 31.9 Å². The highest BCUT2D eigenvalue weighted by atomic mass is 127. The molecule has 0 amide bonds. The van der Waals surface area contributed by atoms with E-state index < -0.39 is 6.10 Å². The van der Waals surface area contributed by atoms with Gasteiger partial charge in [0, 0.05) is 23.2 Å². The highest BCUT2D eigenvalue weighted by Gasteiger charge is 2.15. The molecule has 2 atom stereocenters. The summed E-state index contributed by atoms with van der Waals surface area (Å²) >= 11 is 9.27. The minimum absolute atomic E-state index is 0. The van der Waals surface area contributed by atoms with Crippen LogP contribution in [-0.2, 0) is 0 Å². The molecule has 4 nitrogen and oxygen atoms in total. The Hall–Kier alpha value is 0.300. The van der Waals surface area contributed by atoms with Crippen molar-refractivity contribution in [1.29, 1.82) is 0 Å². The number of aliphatic hydroxyl groups excluding tert-OH is 1. The summed E-state index contributed by atoms with van der Waals surface area (Å²) in [7, 11) is 0. The summed E-state index contributed by atoms with van der Waals surface area (Å²) in [4.78, 5) is 5.35. The van der Waals surface area contributed by atoms with Crippen LogP contribution in [0.5, 0.6) is 0 Å². The van der Waals surface area contributed by atoms with Gasteiger partial charge in [0.2, 0.25) is 0 Å². The van der Waals surface area contributed by atoms with Crippen molar-refractivity contribution in [2.75, 3.05) is 24.6 Å². The van der Waals surface area contributed by atoms with Crippen molar-refractivity contribution < 1.29 is 5.11 Å². The number of hydrogen-bond acceptors (Lipinski definition) is 4. The smallest absolute Gasteiger partial charge is 0.191 e. The van der Waals surface area contributed by atoms with Gasteiger partial charge in [-0.15, -0.1) is 35.3 Å². The third-order valence-corrected chi connectivity index (χ3v) is 5.74. The van der Waals surface area contributed by atoms with Gasteiger partial charge in [0.1, 0.15) is 6.10 Å². The van der Waals surface area contributed by atoms with Crippen LogP contribution in [0.3, 0.4) is 0 Å². The second-order valence-corrected chi connectivity index (χ2v) is 7.83. The summed E-state index contributed by atoms with van der Waals surface area (Å²) in [5.74, 6) is 3.16. The Morgan fingerprint density at radius 3 is 2.95 bits per heavy atom. The number of guanidine groups is 1. The maximum Gasteiger partial charge on any atom is 0.191 e. The van der Waals surface area contributed by atoms with E-state index in [0.29, 0.717) is 16.9 Å². The third kappa shape index (κ3) is 6.82. The predicted octanol–water partition coefficient (Wildman–Crippen LogP) is 3.50. The van der Waals surface area contributed by atoms with Gasteiger partial charge in [0.25, 0.3) is 0 Å². The summed E-state index contributed by atoms with van der Waals surface area (Å²) in [6.45, 7) is 3.20. The van der Waals surface area contributed by atoms with Crippen molar-refractivity contribution in [1.82, 2.24) is 10.6 Å². The topological polar surface area (TPSA) is 56.7 Å². The lowest BCUT2D eigenvalue weighted by molar-refractivity contribution is 0.191. The molecule has 22 heavy (non-hydrogen) atoms. The van der Waals surface area contributed by atoms with E-state index in [1.165, 1.54) is 29.9 Å². The maximum absolute atomic E-state index is 10.1. The standard InChI is InChI=1S/C14H22ClN3OS2.HI/c1-2-16-14(18-10-4-3-7-20-9-10)17-8-11(19)12-5-6-13(15)21-12;/h5-6,10-11,19H,2-4,7-9H2,1H3,(H2,16,17,18);1H. The molecule has 2 heterocycles. The Labute approximate surface area is 162 Å². The number of halogens is 2. The first-order valence-electron chi connectivity index (χ1n) is 7.25.